The lowest BCUT2D eigenvalue weighted by Gasteiger charge is -2.04. The highest BCUT2D eigenvalue weighted by molar-refractivity contribution is 7.57. The van der Waals surface area contributed by atoms with Crippen molar-refractivity contribution in [3.63, 3.8) is 0 Å². The van der Waals surface area contributed by atoms with E-state index in [0.29, 0.717) is 6.42 Å². The van der Waals surface area contributed by atoms with E-state index < -0.39 is 14.7 Å². The molecule has 0 aliphatic heterocycles. The second-order valence-electron chi connectivity index (χ2n) is 3.62. The molecule has 0 heterocycles. The summed E-state index contributed by atoms with van der Waals surface area (Å²) in [5, 5.41) is 15.6. The normalized spacial score (nSPS) is 9.00. The van der Waals surface area contributed by atoms with Crippen molar-refractivity contribution in [2.75, 3.05) is 33.3 Å². The van der Waals surface area contributed by atoms with Crippen molar-refractivity contribution in [2.24, 2.45) is 0 Å². The first-order valence-corrected chi connectivity index (χ1v) is 9.90. The SMILES string of the molecule is C=CC#N.CP(C)(=O)O.CP(C)(=O)OCCC#N.[BH]. The molecule has 0 saturated carbocycles. The Bertz CT molecular complexity index is 381. The Labute approximate surface area is 117 Å². The first-order valence-electron chi connectivity index (χ1n) is 4.82. The van der Waals surface area contributed by atoms with Crippen LogP contribution in [0.1, 0.15) is 6.42 Å². The Balaban J connectivity index is -0.0000000964. The number of nitriles is 2. The molecule has 0 aromatic rings. The number of rotatable bonds is 3. The van der Waals surface area contributed by atoms with Crippen molar-refractivity contribution in [3.8, 4) is 12.1 Å². The molecule has 0 aliphatic rings. The van der Waals surface area contributed by atoms with Gasteiger partial charge in [0.1, 0.15) is 0 Å². The first-order chi connectivity index (χ1) is 7.97. The molecule has 0 atom stereocenters. The van der Waals surface area contributed by atoms with E-state index in [-0.39, 0.29) is 15.0 Å². The summed E-state index contributed by atoms with van der Waals surface area (Å²) in [5.41, 5.74) is 0. The zero-order chi connectivity index (χ0) is 15.2. The average Bonchev–Trinajstić information content (AvgIpc) is 2.14. The molecule has 0 amide bonds. The lowest BCUT2D eigenvalue weighted by atomic mass is 10.5. The summed E-state index contributed by atoms with van der Waals surface area (Å²) < 4.78 is 25.3. The topological polar surface area (TPSA) is 111 Å². The largest absolute Gasteiger partial charge is 0.345 e. The van der Waals surface area contributed by atoms with Gasteiger partial charge in [0.2, 0.25) is 0 Å². The minimum Gasteiger partial charge on any atom is -0.345 e. The van der Waals surface area contributed by atoms with Crippen LogP contribution >= 0.6 is 14.7 Å². The summed E-state index contributed by atoms with van der Waals surface area (Å²) in [6.07, 6.45) is 1.49. The minimum absolute atomic E-state index is 0. The van der Waals surface area contributed by atoms with Crippen LogP contribution < -0.4 is 0 Å². The number of allylic oxidation sites excluding steroid dienone is 1. The first kappa shape index (κ1) is 26.7. The Hall–Kier alpha value is -0.835. The molecule has 2 radical (unpaired) electrons. The predicted octanol–water partition coefficient (Wildman–Crippen LogP) is 2.02. The van der Waals surface area contributed by atoms with Gasteiger partial charge in [-0.1, -0.05) is 6.58 Å². The molecule has 0 rings (SSSR count). The van der Waals surface area contributed by atoms with Crippen LogP contribution in [0.3, 0.4) is 0 Å². The van der Waals surface area contributed by atoms with Crippen LogP contribution in [0.5, 0.6) is 0 Å². The van der Waals surface area contributed by atoms with Gasteiger partial charge in [0.25, 0.3) is 0 Å². The van der Waals surface area contributed by atoms with Crippen LogP contribution in [0.15, 0.2) is 12.7 Å². The fourth-order valence-electron chi connectivity index (χ4n) is 0.311. The standard InChI is InChI=1S/C5H10NO2P.C3H3N.C2H7O2P.BH/c1-9(2,7)8-5-3-4-6;1-2-3-4;1-5(2,3)4;/h3,5H2,1-2H3;2H,1H2;1-2H3,(H,3,4);1H. The molecular formula is C10H21BN2O4P2. The zero-order valence-electron chi connectivity index (χ0n) is 11.9. The second-order valence-corrected chi connectivity index (χ2v) is 8.97. The van der Waals surface area contributed by atoms with Gasteiger partial charge in [-0.05, 0) is 0 Å². The van der Waals surface area contributed by atoms with Crippen LogP contribution in [-0.4, -0.2) is 46.6 Å². The summed E-state index contributed by atoms with van der Waals surface area (Å²) in [4.78, 5) is 8.08. The van der Waals surface area contributed by atoms with Gasteiger partial charge >= 0.3 is 0 Å². The lowest BCUT2D eigenvalue weighted by Crippen LogP contribution is -1.88. The van der Waals surface area contributed by atoms with Gasteiger partial charge < -0.3 is 9.42 Å². The van der Waals surface area contributed by atoms with E-state index in [0.717, 1.165) is 0 Å². The van der Waals surface area contributed by atoms with Crippen molar-refractivity contribution in [1.29, 1.82) is 10.5 Å². The highest BCUT2D eigenvalue weighted by Gasteiger charge is 2.04. The number of hydrogen-bond acceptors (Lipinski definition) is 5. The third-order valence-corrected chi connectivity index (χ3v) is 1.51. The van der Waals surface area contributed by atoms with Gasteiger partial charge in [0, 0.05) is 41.1 Å². The van der Waals surface area contributed by atoms with Crippen molar-refractivity contribution in [2.45, 2.75) is 6.42 Å². The van der Waals surface area contributed by atoms with Crippen LogP contribution in [0.25, 0.3) is 0 Å². The molecule has 0 saturated heterocycles. The zero-order valence-corrected chi connectivity index (χ0v) is 13.7. The molecule has 19 heavy (non-hydrogen) atoms. The number of hydrogen-bond donors (Lipinski definition) is 1. The molecule has 0 aliphatic carbocycles. The second kappa shape index (κ2) is 15.2. The maximum atomic E-state index is 10.8. The van der Waals surface area contributed by atoms with Gasteiger partial charge in [0.05, 0.1) is 25.2 Å². The maximum absolute atomic E-state index is 10.8. The van der Waals surface area contributed by atoms with E-state index in [4.69, 9.17) is 19.9 Å². The maximum Gasteiger partial charge on any atom is 0.197 e. The van der Waals surface area contributed by atoms with Gasteiger partial charge in [-0.25, -0.2) is 0 Å². The van der Waals surface area contributed by atoms with Crippen LogP contribution in [0.2, 0.25) is 0 Å². The molecule has 6 nitrogen and oxygen atoms in total. The molecule has 108 valence electrons. The average molecular weight is 306 g/mol. The highest BCUT2D eigenvalue weighted by atomic mass is 31.2. The molecule has 0 unspecified atom stereocenters. The Morgan fingerprint density at radius 3 is 1.74 bits per heavy atom. The van der Waals surface area contributed by atoms with Crippen molar-refractivity contribution >= 4 is 23.2 Å². The summed E-state index contributed by atoms with van der Waals surface area (Å²) in [6, 6.07) is 3.59. The Morgan fingerprint density at radius 2 is 1.58 bits per heavy atom. The fraction of sp³-hybridized carbons (Fsp3) is 0.600. The van der Waals surface area contributed by atoms with Crippen LogP contribution in [0, 0.1) is 22.7 Å². The van der Waals surface area contributed by atoms with Gasteiger partial charge in [-0.3, -0.25) is 9.13 Å². The van der Waals surface area contributed by atoms with E-state index >= 15 is 0 Å². The van der Waals surface area contributed by atoms with Crippen LogP contribution in [-0.2, 0) is 13.7 Å². The van der Waals surface area contributed by atoms with Crippen molar-refractivity contribution in [3.05, 3.63) is 12.7 Å². The third-order valence-electron chi connectivity index (χ3n) is 0.707. The molecule has 1 N–H and O–H groups in total. The van der Waals surface area contributed by atoms with Gasteiger partial charge in [-0.15, -0.1) is 0 Å². The molecule has 0 aromatic carbocycles. The van der Waals surface area contributed by atoms with Crippen molar-refractivity contribution < 1.29 is 18.5 Å². The molecule has 0 bridgehead atoms. The summed E-state index contributed by atoms with van der Waals surface area (Å²) in [6.45, 7) is 9.06. The quantitative estimate of drug-likeness (QED) is 0.369. The number of nitrogens with zero attached hydrogens (tertiary/aromatic N) is 2. The Morgan fingerprint density at radius 1 is 1.26 bits per heavy atom. The van der Waals surface area contributed by atoms with E-state index in [1.54, 1.807) is 6.07 Å². The van der Waals surface area contributed by atoms with E-state index in [1.165, 1.54) is 32.7 Å². The van der Waals surface area contributed by atoms with Gasteiger partial charge in [0.15, 0.2) is 14.7 Å². The van der Waals surface area contributed by atoms with Gasteiger partial charge in [-0.2, -0.15) is 10.5 Å². The monoisotopic (exact) mass is 306 g/mol. The molecule has 0 fully saturated rings. The fourth-order valence-corrected chi connectivity index (χ4v) is 0.842. The van der Waals surface area contributed by atoms with Crippen LogP contribution in [0.4, 0.5) is 0 Å². The summed E-state index contributed by atoms with van der Waals surface area (Å²) in [7, 11) is -4.99. The molecular weight excluding hydrogens is 285 g/mol. The van der Waals surface area contributed by atoms with E-state index in [2.05, 4.69) is 6.58 Å². The molecule has 9 heteroatoms. The summed E-state index contributed by atoms with van der Waals surface area (Å²) >= 11 is 0. The van der Waals surface area contributed by atoms with Crippen molar-refractivity contribution in [1.82, 2.24) is 0 Å². The smallest absolute Gasteiger partial charge is 0.197 e. The molecule has 0 spiro atoms. The highest BCUT2D eigenvalue weighted by Crippen LogP contribution is 2.36. The molecule has 0 aromatic heterocycles. The third kappa shape index (κ3) is 104. The van der Waals surface area contributed by atoms with E-state index in [1.807, 2.05) is 6.07 Å². The summed E-state index contributed by atoms with van der Waals surface area (Å²) in [5.74, 6) is 0. The lowest BCUT2D eigenvalue weighted by molar-refractivity contribution is 0.329. The predicted molar refractivity (Wildman–Crippen MR) is 80.3 cm³/mol. The Kier molecular flexibility index (Phi) is 21.4. The minimum atomic E-state index is -2.64. The van der Waals surface area contributed by atoms with E-state index in [9.17, 15) is 9.13 Å².